The first-order valence-corrected chi connectivity index (χ1v) is 15.6. The summed E-state index contributed by atoms with van der Waals surface area (Å²) in [5.74, 6) is 2.30. The van der Waals surface area contributed by atoms with Crippen LogP contribution < -0.4 is 0 Å². The van der Waals surface area contributed by atoms with Gasteiger partial charge in [0.15, 0.2) is 0 Å². The molecule has 1 unspecified atom stereocenters. The third kappa shape index (κ3) is 4.97. The molecule has 2 aromatic heterocycles. The minimum atomic E-state index is -0.300. The Labute approximate surface area is 227 Å². The van der Waals surface area contributed by atoms with E-state index in [9.17, 15) is 5.11 Å². The van der Waals surface area contributed by atoms with Gasteiger partial charge in [-0.2, -0.15) is 11.8 Å². The molecule has 5 nitrogen and oxygen atoms in total. The molecule has 4 fully saturated rings. The molecule has 0 aliphatic carbocycles. The molecular weight excluding hydrogens is 480 g/mol. The van der Waals surface area contributed by atoms with Crippen LogP contribution in [0.5, 0.6) is 0 Å². The lowest BCUT2D eigenvalue weighted by atomic mass is 9.73. The highest BCUT2D eigenvalue weighted by Gasteiger charge is 2.50. The lowest BCUT2D eigenvalue weighted by molar-refractivity contribution is -0.0548. The topological polar surface area (TPSA) is 53.0 Å². The van der Waals surface area contributed by atoms with Gasteiger partial charge < -0.3 is 13.9 Å². The Morgan fingerprint density at radius 1 is 0.946 bits per heavy atom. The van der Waals surface area contributed by atoms with Crippen molar-refractivity contribution in [2.45, 2.75) is 114 Å². The molecule has 0 spiro atoms. The van der Waals surface area contributed by atoms with Crippen LogP contribution in [-0.4, -0.2) is 62.7 Å². The Morgan fingerprint density at radius 3 is 2.43 bits per heavy atom. The number of nitrogens with zero attached hydrogens (tertiary/aromatic N) is 2. The van der Waals surface area contributed by atoms with Gasteiger partial charge in [0.05, 0.1) is 31.2 Å². The quantitative estimate of drug-likeness (QED) is 0.467. The highest BCUT2D eigenvalue weighted by molar-refractivity contribution is 8.00. The molecule has 2 aromatic rings. The van der Waals surface area contributed by atoms with Crippen molar-refractivity contribution in [3.05, 3.63) is 48.3 Å². The molecule has 6 rings (SSSR count). The normalized spacial score (nSPS) is 43.3. The first-order valence-electron chi connectivity index (χ1n) is 14.6. The monoisotopic (exact) mass is 526 g/mol. The number of thioether (sulfide) groups is 1. The van der Waals surface area contributed by atoms with Crippen molar-refractivity contribution in [3.63, 3.8) is 0 Å². The lowest BCUT2D eigenvalue weighted by Crippen LogP contribution is -2.63. The molecule has 0 bridgehead atoms. The van der Waals surface area contributed by atoms with Crippen molar-refractivity contribution in [1.82, 2.24) is 9.80 Å². The SMILES string of the molecule is C[C@@H]1CC[C@@H](c2ccoc2)N2C[C@](C)(CS[C@]3(C)C[C@@H](O)C4[C@H](c5ccoc5)CC[C@@H](C)N4C3)CC[C@@H]12. The van der Waals surface area contributed by atoms with E-state index < -0.39 is 0 Å². The zero-order valence-corrected chi connectivity index (χ0v) is 24.0. The second kappa shape index (κ2) is 10.1. The van der Waals surface area contributed by atoms with Crippen LogP contribution in [0.1, 0.15) is 95.7 Å². The molecule has 1 N–H and O–H groups in total. The van der Waals surface area contributed by atoms with Crippen LogP contribution in [-0.2, 0) is 0 Å². The van der Waals surface area contributed by atoms with Gasteiger partial charge in [-0.3, -0.25) is 9.80 Å². The van der Waals surface area contributed by atoms with Crippen LogP contribution in [0.15, 0.2) is 46.0 Å². The standard InChI is InChI=1S/C31H46N2O3S/c1-21-5-8-27(24-11-14-36-17-24)33-18-30(3,12-9-26(21)33)20-37-31(4)15-28(34)29-25(23-10-13-35-16-23)7-6-22(2)32(29)19-31/h10-11,13-14,16-17,21-22,25-29,34H,5-9,12,15,18-20H2,1-4H3/t21-,22-,25+,26+,27+,28-,29?,30-,31-/m1/s1. The van der Waals surface area contributed by atoms with Crippen molar-refractivity contribution in [2.75, 3.05) is 18.8 Å². The summed E-state index contributed by atoms with van der Waals surface area (Å²) in [4.78, 5) is 5.47. The number of aliphatic hydroxyl groups excluding tert-OH is 1. The van der Waals surface area contributed by atoms with Crippen LogP contribution in [0.25, 0.3) is 0 Å². The molecule has 9 atom stereocenters. The van der Waals surface area contributed by atoms with Gasteiger partial charge >= 0.3 is 0 Å². The average molecular weight is 527 g/mol. The van der Waals surface area contributed by atoms with Crippen LogP contribution in [0, 0.1) is 11.3 Å². The van der Waals surface area contributed by atoms with E-state index in [4.69, 9.17) is 8.83 Å². The largest absolute Gasteiger partial charge is 0.472 e. The third-order valence-corrected chi connectivity index (χ3v) is 12.3. The van der Waals surface area contributed by atoms with E-state index in [1.54, 1.807) is 6.26 Å². The van der Waals surface area contributed by atoms with E-state index in [2.05, 4.69) is 61.4 Å². The Balaban J connectivity index is 1.15. The van der Waals surface area contributed by atoms with Gasteiger partial charge in [0.1, 0.15) is 0 Å². The summed E-state index contributed by atoms with van der Waals surface area (Å²) >= 11 is 2.14. The summed E-state index contributed by atoms with van der Waals surface area (Å²) in [7, 11) is 0. The van der Waals surface area contributed by atoms with Gasteiger partial charge in [0, 0.05) is 59.2 Å². The summed E-state index contributed by atoms with van der Waals surface area (Å²) in [5, 5.41) is 11.5. The van der Waals surface area contributed by atoms with Crippen LogP contribution >= 0.6 is 11.8 Å². The van der Waals surface area contributed by atoms with E-state index in [0.717, 1.165) is 37.6 Å². The maximum atomic E-state index is 11.5. The molecule has 204 valence electrons. The van der Waals surface area contributed by atoms with Gasteiger partial charge in [-0.1, -0.05) is 13.8 Å². The Bertz CT molecular complexity index is 1030. The number of hydrogen-bond donors (Lipinski definition) is 1. The maximum Gasteiger partial charge on any atom is 0.0950 e. The second-order valence-electron chi connectivity index (χ2n) is 13.5. The highest BCUT2D eigenvalue weighted by Crippen LogP contribution is 2.50. The zero-order chi connectivity index (χ0) is 25.8. The molecule has 4 aliphatic rings. The third-order valence-electron chi connectivity index (χ3n) is 10.5. The second-order valence-corrected chi connectivity index (χ2v) is 15.0. The summed E-state index contributed by atoms with van der Waals surface area (Å²) in [5.41, 5.74) is 2.90. The van der Waals surface area contributed by atoms with E-state index >= 15 is 0 Å². The van der Waals surface area contributed by atoms with Crippen LogP contribution in [0.2, 0.25) is 0 Å². The number of hydrogen-bond acceptors (Lipinski definition) is 6. The predicted octanol–water partition coefficient (Wildman–Crippen LogP) is 6.71. The summed E-state index contributed by atoms with van der Waals surface area (Å²) in [6.45, 7) is 12.0. The maximum absolute atomic E-state index is 11.5. The van der Waals surface area contributed by atoms with Crippen molar-refractivity contribution in [2.24, 2.45) is 11.3 Å². The molecule has 4 saturated heterocycles. The number of rotatable bonds is 5. The fourth-order valence-corrected chi connectivity index (χ4v) is 9.78. The fourth-order valence-electron chi connectivity index (χ4n) is 8.32. The molecule has 6 heterocycles. The number of fused-ring (bicyclic) bond motifs is 2. The molecule has 0 amide bonds. The Kier molecular flexibility index (Phi) is 7.09. The molecule has 4 aliphatic heterocycles. The van der Waals surface area contributed by atoms with Gasteiger partial charge in [-0.25, -0.2) is 0 Å². The summed E-state index contributed by atoms with van der Waals surface area (Å²) in [6.07, 6.45) is 15.5. The van der Waals surface area contributed by atoms with Crippen molar-refractivity contribution >= 4 is 11.8 Å². The number of piperidine rings is 4. The van der Waals surface area contributed by atoms with Crippen LogP contribution in [0.4, 0.5) is 0 Å². The molecule has 0 saturated carbocycles. The average Bonchev–Trinajstić information content (AvgIpc) is 3.59. The van der Waals surface area contributed by atoms with Gasteiger partial charge in [-0.15, -0.1) is 0 Å². The van der Waals surface area contributed by atoms with Gasteiger partial charge in [0.2, 0.25) is 0 Å². The van der Waals surface area contributed by atoms with Crippen LogP contribution in [0.3, 0.4) is 0 Å². The molecule has 37 heavy (non-hydrogen) atoms. The van der Waals surface area contributed by atoms with E-state index in [1.165, 1.54) is 43.2 Å². The predicted molar refractivity (Wildman–Crippen MR) is 150 cm³/mol. The smallest absolute Gasteiger partial charge is 0.0950 e. The van der Waals surface area contributed by atoms with Crippen molar-refractivity contribution in [3.8, 4) is 0 Å². The zero-order valence-electron chi connectivity index (χ0n) is 23.1. The van der Waals surface area contributed by atoms with E-state index in [1.807, 2.05) is 18.8 Å². The molecule has 6 heteroatoms. The Morgan fingerprint density at radius 2 is 1.70 bits per heavy atom. The molecule has 0 aromatic carbocycles. The van der Waals surface area contributed by atoms with Crippen molar-refractivity contribution < 1.29 is 13.9 Å². The molecular formula is C31H46N2O3S. The van der Waals surface area contributed by atoms with Gasteiger partial charge in [0.25, 0.3) is 0 Å². The van der Waals surface area contributed by atoms with E-state index in [0.29, 0.717) is 24.0 Å². The number of aliphatic hydroxyl groups is 1. The number of furan rings is 2. The highest BCUT2D eigenvalue weighted by atomic mass is 32.2. The molecule has 0 radical (unpaired) electrons. The summed E-state index contributed by atoms with van der Waals surface area (Å²) in [6, 6.07) is 6.17. The lowest BCUT2D eigenvalue weighted by Gasteiger charge is -2.56. The van der Waals surface area contributed by atoms with E-state index in [-0.39, 0.29) is 22.3 Å². The minimum absolute atomic E-state index is 0.0709. The van der Waals surface area contributed by atoms with Crippen molar-refractivity contribution in [1.29, 1.82) is 0 Å². The minimum Gasteiger partial charge on any atom is -0.472 e. The first-order chi connectivity index (χ1) is 17.8. The Hall–Kier alpha value is -1.21. The van der Waals surface area contributed by atoms with Gasteiger partial charge in [-0.05, 0) is 87.8 Å². The first kappa shape index (κ1) is 26.0. The summed E-state index contributed by atoms with van der Waals surface area (Å²) < 4.78 is 11.0. The fraction of sp³-hybridized carbons (Fsp3) is 0.742.